The monoisotopic (exact) mass is 398 g/mol. The summed E-state index contributed by atoms with van der Waals surface area (Å²) in [5.41, 5.74) is 1.61. The fourth-order valence-electron chi connectivity index (χ4n) is 2.28. The Morgan fingerprint density at radius 2 is 1.96 bits per heavy atom. The van der Waals surface area contributed by atoms with Crippen LogP contribution in [0.3, 0.4) is 0 Å². The summed E-state index contributed by atoms with van der Waals surface area (Å²) < 4.78 is 22.8. The SMILES string of the molecule is Cc1nc(CSc2ccc(C(=O)N(C)C(C)CS(C)(=O)=O)cc2)cs1. The Balaban J connectivity index is 1.97. The average molecular weight is 399 g/mol. The van der Waals surface area contributed by atoms with Crippen molar-refractivity contribution < 1.29 is 13.2 Å². The highest BCUT2D eigenvalue weighted by atomic mass is 32.2. The third kappa shape index (κ3) is 6.13. The minimum atomic E-state index is -3.13. The van der Waals surface area contributed by atoms with E-state index in [1.165, 1.54) is 11.2 Å². The van der Waals surface area contributed by atoms with Gasteiger partial charge in [-0.15, -0.1) is 23.1 Å². The lowest BCUT2D eigenvalue weighted by Crippen LogP contribution is -2.39. The first-order valence-electron chi connectivity index (χ1n) is 7.74. The number of thioether (sulfide) groups is 1. The quantitative estimate of drug-likeness (QED) is 0.670. The van der Waals surface area contributed by atoms with Crippen molar-refractivity contribution in [2.24, 2.45) is 0 Å². The molecular formula is C17H22N2O3S3. The number of carbonyl (C=O) groups excluding carboxylic acids is 1. The van der Waals surface area contributed by atoms with Crippen LogP contribution in [-0.2, 0) is 15.6 Å². The second kappa shape index (κ2) is 8.33. The van der Waals surface area contributed by atoms with Crippen molar-refractivity contribution in [2.45, 2.75) is 30.5 Å². The van der Waals surface area contributed by atoms with Crippen LogP contribution in [0.2, 0.25) is 0 Å². The van der Waals surface area contributed by atoms with Crippen molar-refractivity contribution in [3.05, 3.63) is 45.9 Å². The van der Waals surface area contributed by atoms with Crippen molar-refractivity contribution >= 4 is 38.8 Å². The van der Waals surface area contributed by atoms with Gasteiger partial charge >= 0.3 is 0 Å². The zero-order chi connectivity index (χ0) is 18.6. The highest BCUT2D eigenvalue weighted by Crippen LogP contribution is 2.24. The number of nitrogens with zero attached hydrogens (tertiary/aromatic N) is 2. The molecule has 1 unspecified atom stereocenters. The molecule has 8 heteroatoms. The molecule has 1 amide bonds. The van der Waals surface area contributed by atoms with Crippen LogP contribution in [0, 0.1) is 6.92 Å². The summed E-state index contributed by atoms with van der Waals surface area (Å²) in [5, 5.41) is 3.11. The van der Waals surface area contributed by atoms with Crippen molar-refractivity contribution in [1.29, 1.82) is 0 Å². The zero-order valence-corrected chi connectivity index (χ0v) is 17.2. The van der Waals surface area contributed by atoms with E-state index in [0.717, 1.165) is 21.3 Å². The van der Waals surface area contributed by atoms with E-state index in [1.807, 2.05) is 19.1 Å². The smallest absolute Gasteiger partial charge is 0.253 e. The molecule has 1 aromatic heterocycles. The maximum absolute atomic E-state index is 12.5. The Morgan fingerprint density at radius 1 is 1.32 bits per heavy atom. The third-order valence-electron chi connectivity index (χ3n) is 3.68. The van der Waals surface area contributed by atoms with Gasteiger partial charge in [-0.1, -0.05) is 0 Å². The number of aryl methyl sites for hydroxylation is 1. The van der Waals surface area contributed by atoms with Crippen LogP contribution >= 0.6 is 23.1 Å². The molecule has 1 heterocycles. The largest absolute Gasteiger partial charge is 0.338 e. The molecule has 0 spiro atoms. The van der Waals surface area contributed by atoms with E-state index >= 15 is 0 Å². The van der Waals surface area contributed by atoms with E-state index in [-0.39, 0.29) is 17.7 Å². The molecule has 0 N–H and O–H groups in total. The molecule has 0 aliphatic heterocycles. The molecule has 0 aliphatic carbocycles. The molecule has 136 valence electrons. The molecule has 25 heavy (non-hydrogen) atoms. The molecule has 0 saturated heterocycles. The maximum Gasteiger partial charge on any atom is 0.253 e. The first-order valence-corrected chi connectivity index (χ1v) is 11.7. The summed E-state index contributed by atoms with van der Waals surface area (Å²) in [4.78, 5) is 19.4. The van der Waals surface area contributed by atoms with Gasteiger partial charge in [0, 0.05) is 40.9 Å². The molecule has 0 bridgehead atoms. The Labute approximate surface area is 157 Å². The number of rotatable bonds is 7. The number of carbonyl (C=O) groups is 1. The molecular weight excluding hydrogens is 376 g/mol. The second-order valence-electron chi connectivity index (χ2n) is 6.03. The summed E-state index contributed by atoms with van der Waals surface area (Å²) in [6.45, 7) is 3.72. The standard InChI is InChI=1S/C17H22N2O3S3/c1-12(11-25(4,21)22)19(3)17(20)14-5-7-16(8-6-14)24-10-15-9-23-13(2)18-15/h5-9,12H,10-11H2,1-4H3. The van der Waals surface area contributed by atoms with Crippen LogP contribution < -0.4 is 0 Å². The number of amides is 1. The van der Waals surface area contributed by atoms with Gasteiger partial charge in [-0.25, -0.2) is 13.4 Å². The molecule has 0 fully saturated rings. The van der Waals surface area contributed by atoms with E-state index < -0.39 is 9.84 Å². The minimum absolute atomic E-state index is 0.0454. The second-order valence-corrected chi connectivity index (χ2v) is 10.3. The topological polar surface area (TPSA) is 67.3 Å². The molecule has 0 aliphatic rings. The number of thiazole rings is 1. The normalized spacial score (nSPS) is 12.8. The summed E-state index contributed by atoms with van der Waals surface area (Å²) in [6.07, 6.45) is 1.18. The Kier molecular flexibility index (Phi) is 6.65. The highest BCUT2D eigenvalue weighted by Gasteiger charge is 2.20. The first-order chi connectivity index (χ1) is 11.7. The molecule has 1 aromatic carbocycles. The lowest BCUT2D eigenvalue weighted by Gasteiger charge is -2.24. The summed E-state index contributed by atoms with van der Waals surface area (Å²) in [6, 6.07) is 7.00. The van der Waals surface area contributed by atoms with Gasteiger partial charge in [0.25, 0.3) is 5.91 Å². The lowest BCUT2D eigenvalue weighted by molar-refractivity contribution is 0.0757. The Morgan fingerprint density at radius 3 is 2.48 bits per heavy atom. The predicted octanol–water partition coefficient (Wildman–Crippen LogP) is 3.25. The van der Waals surface area contributed by atoms with Gasteiger partial charge in [0.1, 0.15) is 9.84 Å². The molecule has 0 radical (unpaired) electrons. The minimum Gasteiger partial charge on any atom is -0.338 e. The summed E-state index contributed by atoms with van der Waals surface area (Å²) in [7, 11) is -1.49. The number of benzene rings is 1. The summed E-state index contributed by atoms with van der Waals surface area (Å²) >= 11 is 3.31. The number of sulfone groups is 1. The van der Waals surface area contributed by atoms with Crippen LogP contribution in [0.4, 0.5) is 0 Å². The van der Waals surface area contributed by atoms with Crippen LogP contribution in [-0.4, -0.2) is 49.3 Å². The van der Waals surface area contributed by atoms with Gasteiger partial charge in [-0.3, -0.25) is 4.79 Å². The van der Waals surface area contributed by atoms with Crippen LogP contribution in [0.25, 0.3) is 0 Å². The Bertz CT molecular complexity index is 829. The van der Waals surface area contributed by atoms with Crippen molar-refractivity contribution in [2.75, 3.05) is 19.1 Å². The fraction of sp³-hybridized carbons (Fsp3) is 0.412. The van der Waals surface area contributed by atoms with Crippen LogP contribution in [0.5, 0.6) is 0 Å². The number of hydrogen-bond donors (Lipinski definition) is 0. The lowest BCUT2D eigenvalue weighted by atomic mass is 10.2. The van der Waals surface area contributed by atoms with Gasteiger partial charge in [0.15, 0.2) is 0 Å². The number of hydrogen-bond acceptors (Lipinski definition) is 6. The van der Waals surface area contributed by atoms with Crippen LogP contribution in [0.1, 0.15) is 28.0 Å². The van der Waals surface area contributed by atoms with Crippen molar-refractivity contribution in [3.8, 4) is 0 Å². The fourth-order valence-corrected chi connectivity index (χ4v) is 4.89. The van der Waals surface area contributed by atoms with Gasteiger partial charge in [-0.2, -0.15) is 0 Å². The van der Waals surface area contributed by atoms with Crippen LogP contribution in [0.15, 0.2) is 34.5 Å². The number of aromatic nitrogens is 1. The van der Waals surface area contributed by atoms with Gasteiger partial charge in [-0.05, 0) is 38.1 Å². The highest BCUT2D eigenvalue weighted by molar-refractivity contribution is 7.98. The van der Waals surface area contributed by atoms with E-state index in [0.29, 0.717) is 5.56 Å². The maximum atomic E-state index is 12.5. The molecule has 2 aromatic rings. The predicted molar refractivity (Wildman–Crippen MR) is 104 cm³/mol. The third-order valence-corrected chi connectivity index (χ3v) is 6.64. The van der Waals surface area contributed by atoms with E-state index in [4.69, 9.17) is 0 Å². The van der Waals surface area contributed by atoms with E-state index in [9.17, 15) is 13.2 Å². The van der Waals surface area contributed by atoms with Gasteiger partial charge in [0.05, 0.1) is 16.5 Å². The van der Waals surface area contributed by atoms with Gasteiger partial charge < -0.3 is 4.90 Å². The summed E-state index contributed by atoms with van der Waals surface area (Å²) in [5.74, 6) is 0.571. The average Bonchev–Trinajstić information content (AvgIpc) is 2.96. The van der Waals surface area contributed by atoms with E-state index in [2.05, 4.69) is 10.4 Å². The molecule has 1 atom stereocenters. The molecule has 5 nitrogen and oxygen atoms in total. The zero-order valence-electron chi connectivity index (χ0n) is 14.7. The van der Waals surface area contributed by atoms with Crippen molar-refractivity contribution in [3.63, 3.8) is 0 Å². The van der Waals surface area contributed by atoms with Crippen molar-refractivity contribution in [1.82, 2.24) is 9.88 Å². The molecule has 2 rings (SSSR count). The van der Waals surface area contributed by atoms with Gasteiger partial charge in [0.2, 0.25) is 0 Å². The van der Waals surface area contributed by atoms with E-state index in [1.54, 1.807) is 49.2 Å². The first kappa shape index (κ1) is 19.9. The Hall–Kier alpha value is -1.38. The molecule has 0 saturated carbocycles.